The standard InChI is InChI=1S/C16H23Cl2N3O3S/c1-11-7-12(2)9-21(8-11)25(23,24)20(3)10-15(22)19-16-13(17)5-4-6-14(16)18/h4-6,11-12H,7-10H2,1-3H3,(H,19,22)/t11-,12-/m1/s1. The van der Waals surface area contributed by atoms with Gasteiger partial charge in [-0.15, -0.1) is 0 Å². The number of likely N-dealkylation sites (N-methyl/N-ethyl adjacent to an activating group) is 1. The number of rotatable bonds is 5. The number of amides is 1. The van der Waals surface area contributed by atoms with E-state index in [1.54, 1.807) is 18.2 Å². The fraction of sp³-hybridized carbons (Fsp3) is 0.562. The number of piperidine rings is 1. The molecule has 1 fully saturated rings. The van der Waals surface area contributed by atoms with Gasteiger partial charge in [0.15, 0.2) is 0 Å². The summed E-state index contributed by atoms with van der Waals surface area (Å²) < 4.78 is 27.9. The number of halogens is 2. The predicted octanol–water partition coefficient (Wildman–Crippen LogP) is 3.09. The minimum atomic E-state index is -3.70. The van der Waals surface area contributed by atoms with Crippen LogP contribution in [0.1, 0.15) is 20.3 Å². The molecule has 1 heterocycles. The summed E-state index contributed by atoms with van der Waals surface area (Å²) in [5, 5.41) is 3.17. The van der Waals surface area contributed by atoms with Gasteiger partial charge in [0.2, 0.25) is 5.91 Å². The molecule has 1 aliphatic heterocycles. The number of anilines is 1. The van der Waals surface area contributed by atoms with Gasteiger partial charge in [0.05, 0.1) is 22.3 Å². The summed E-state index contributed by atoms with van der Waals surface area (Å²) in [7, 11) is -2.30. The van der Waals surface area contributed by atoms with Crippen LogP contribution in [0, 0.1) is 11.8 Å². The molecule has 0 unspecified atom stereocenters. The maximum atomic E-state index is 12.7. The van der Waals surface area contributed by atoms with Gasteiger partial charge in [-0.1, -0.05) is 43.1 Å². The topological polar surface area (TPSA) is 69.7 Å². The molecule has 1 N–H and O–H groups in total. The van der Waals surface area contributed by atoms with E-state index in [-0.39, 0.29) is 12.2 Å². The zero-order valence-electron chi connectivity index (χ0n) is 14.5. The predicted molar refractivity (Wildman–Crippen MR) is 101 cm³/mol. The van der Waals surface area contributed by atoms with Gasteiger partial charge in [0, 0.05) is 20.1 Å². The molecule has 0 aliphatic carbocycles. The second-order valence-corrected chi connectivity index (χ2v) is 9.52. The number of carbonyl (C=O) groups excluding carboxylic acids is 1. The Hall–Kier alpha value is -0.860. The van der Waals surface area contributed by atoms with E-state index in [1.807, 2.05) is 13.8 Å². The van der Waals surface area contributed by atoms with E-state index in [9.17, 15) is 13.2 Å². The number of para-hydroxylation sites is 1. The SMILES string of the molecule is C[C@@H]1C[C@@H](C)CN(S(=O)(=O)N(C)CC(=O)Nc2c(Cl)cccc2Cl)C1. The van der Waals surface area contributed by atoms with Gasteiger partial charge in [0.25, 0.3) is 10.2 Å². The minimum absolute atomic E-state index is 0.279. The molecule has 25 heavy (non-hydrogen) atoms. The number of benzene rings is 1. The van der Waals surface area contributed by atoms with Gasteiger partial charge in [0.1, 0.15) is 0 Å². The van der Waals surface area contributed by atoms with Crippen LogP contribution in [0.4, 0.5) is 5.69 Å². The van der Waals surface area contributed by atoms with Gasteiger partial charge in [-0.3, -0.25) is 4.79 Å². The van der Waals surface area contributed by atoms with E-state index in [0.29, 0.717) is 35.0 Å². The summed E-state index contributed by atoms with van der Waals surface area (Å²) in [5.74, 6) is 0.0875. The van der Waals surface area contributed by atoms with E-state index < -0.39 is 16.1 Å². The molecule has 2 rings (SSSR count). The molecule has 0 saturated carbocycles. The molecule has 0 aromatic heterocycles. The highest BCUT2D eigenvalue weighted by molar-refractivity contribution is 7.86. The summed E-state index contributed by atoms with van der Waals surface area (Å²) in [6.45, 7) is 4.68. The first-order valence-electron chi connectivity index (χ1n) is 8.06. The number of carbonyl (C=O) groups is 1. The normalized spacial score (nSPS) is 22.2. The Morgan fingerprint density at radius 1 is 1.24 bits per heavy atom. The number of nitrogens with one attached hydrogen (secondary N) is 1. The summed E-state index contributed by atoms with van der Waals surface area (Å²) in [6, 6.07) is 4.86. The van der Waals surface area contributed by atoms with Crippen LogP contribution < -0.4 is 5.32 Å². The number of nitrogens with zero attached hydrogens (tertiary/aromatic N) is 2. The van der Waals surface area contributed by atoms with E-state index in [2.05, 4.69) is 5.32 Å². The maximum Gasteiger partial charge on any atom is 0.282 e. The second kappa shape index (κ2) is 8.22. The summed E-state index contributed by atoms with van der Waals surface area (Å²) in [5.41, 5.74) is 0.279. The lowest BCUT2D eigenvalue weighted by Gasteiger charge is -2.36. The third kappa shape index (κ3) is 5.08. The van der Waals surface area contributed by atoms with Crippen molar-refractivity contribution in [3.63, 3.8) is 0 Å². The third-order valence-corrected chi connectivity index (χ3v) is 6.65. The first-order chi connectivity index (χ1) is 11.6. The highest BCUT2D eigenvalue weighted by Crippen LogP contribution is 2.30. The van der Waals surface area contributed by atoms with Crippen molar-refractivity contribution >= 4 is 45.0 Å². The van der Waals surface area contributed by atoms with Gasteiger partial charge >= 0.3 is 0 Å². The van der Waals surface area contributed by atoms with E-state index in [4.69, 9.17) is 23.2 Å². The zero-order valence-corrected chi connectivity index (χ0v) is 16.8. The van der Waals surface area contributed by atoms with Crippen molar-refractivity contribution in [3.8, 4) is 0 Å². The van der Waals surface area contributed by atoms with Crippen molar-refractivity contribution in [2.75, 3.05) is 32.0 Å². The van der Waals surface area contributed by atoms with Crippen molar-refractivity contribution in [2.45, 2.75) is 20.3 Å². The zero-order chi connectivity index (χ0) is 18.8. The lowest BCUT2D eigenvalue weighted by molar-refractivity contribution is -0.116. The van der Waals surface area contributed by atoms with Gasteiger partial charge < -0.3 is 5.32 Å². The minimum Gasteiger partial charge on any atom is -0.322 e. The molecule has 1 aliphatic rings. The molecule has 1 saturated heterocycles. The fourth-order valence-corrected chi connectivity index (χ4v) is 5.12. The van der Waals surface area contributed by atoms with Crippen molar-refractivity contribution in [1.29, 1.82) is 0 Å². The monoisotopic (exact) mass is 407 g/mol. The van der Waals surface area contributed by atoms with Gasteiger partial charge in [-0.25, -0.2) is 0 Å². The molecule has 6 nitrogen and oxygen atoms in total. The smallest absolute Gasteiger partial charge is 0.282 e. The summed E-state index contributed by atoms with van der Waals surface area (Å²) in [4.78, 5) is 12.2. The fourth-order valence-electron chi connectivity index (χ4n) is 3.07. The van der Waals surface area contributed by atoms with Gasteiger partial charge in [-0.05, 0) is 30.4 Å². The quantitative estimate of drug-likeness (QED) is 0.814. The number of hydrogen-bond donors (Lipinski definition) is 1. The largest absolute Gasteiger partial charge is 0.322 e. The Labute approximate surface area is 159 Å². The molecule has 0 radical (unpaired) electrons. The molecule has 1 aromatic carbocycles. The highest BCUT2D eigenvalue weighted by Gasteiger charge is 2.33. The van der Waals surface area contributed by atoms with E-state index >= 15 is 0 Å². The molecular weight excluding hydrogens is 385 g/mol. The molecule has 1 amide bonds. The lowest BCUT2D eigenvalue weighted by atomic mass is 9.94. The van der Waals surface area contributed by atoms with Crippen LogP contribution in [0.25, 0.3) is 0 Å². The third-order valence-electron chi connectivity index (χ3n) is 4.15. The summed E-state index contributed by atoms with van der Waals surface area (Å²) >= 11 is 12.0. The van der Waals surface area contributed by atoms with Crippen LogP contribution in [-0.4, -0.2) is 49.6 Å². The van der Waals surface area contributed by atoms with Crippen molar-refractivity contribution in [1.82, 2.24) is 8.61 Å². The maximum absolute atomic E-state index is 12.7. The first-order valence-corrected chi connectivity index (χ1v) is 10.2. The lowest BCUT2D eigenvalue weighted by Crippen LogP contribution is -2.49. The summed E-state index contributed by atoms with van der Waals surface area (Å²) in [6.07, 6.45) is 1.00. The Balaban J connectivity index is 2.05. The van der Waals surface area contributed by atoms with Crippen LogP contribution in [0.3, 0.4) is 0 Å². The Kier molecular flexibility index (Phi) is 6.73. The molecule has 9 heteroatoms. The molecule has 1 aromatic rings. The second-order valence-electron chi connectivity index (χ2n) is 6.67. The average molecular weight is 408 g/mol. The Morgan fingerprint density at radius 3 is 2.28 bits per heavy atom. The van der Waals surface area contributed by atoms with Crippen LogP contribution in [0.2, 0.25) is 10.0 Å². The Morgan fingerprint density at radius 2 is 1.76 bits per heavy atom. The molecular formula is C16H23Cl2N3O3S. The Bertz CT molecular complexity index is 712. The van der Waals surface area contributed by atoms with Crippen LogP contribution >= 0.6 is 23.2 Å². The first kappa shape index (κ1) is 20.5. The highest BCUT2D eigenvalue weighted by atomic mass is 35.5. The average Bonchev–Trinajstić information content (AvgIpc) is 2.50. The van der Waals surface area contributed by atoms with Crippen LogP contribution in [0.5, 0.6) is 0 Å². The molecule has 2 atom stereocenters. The number of hydrogen-bond acceptors (Lipinski definition) is 3. The van der Waals surface area contributed by atoms with Crippen LogP contribution in [0.15, 0.2) is 18.2 Å². The van der Waals surface area contributed by atoms with Gasteiger partial charge in [-0.2, -0.15) is 17.0 Å². The van der Waals surface area contributed by atoms with E-state index in [1.165, 1.54) is 11.4 Å². The van der Waals surface area contributed by atoms with Crippen molar-refractivity contribution in [2.24, 2.45) is 11.8 Å². The molecule has 140 valence electrons. The van der Waals surface area contributed by atoms with Crippen molar-refractivity contribution in [3.05, 3.63) is 28.2 Å². The molecule has 0 spiro atoms. The van der Waals surface area contributed by atoms with E-state index in [0.717, 1.165) is 10.7 Å². The van der Waals surface area contributed by atoms with Crippen molar-refractivity contribution < 1.29 is 13.2 Å². The van der Waals surface area contributed by atoms with Crippen LogP contribution in [-0.2, 0) is 15.0 Å². The molecule has 0 bridgehead atoms.